The number of hydrogen-bond donors (Lipinski definition) is 1. The van der Waals surface area contributed by atoms with Gasteiger partial charge in [0.05, 0.1) is 11.4 Å². The fourth-order valence-corrected chi connectivity index (χ4v) is 10.1. The van der Waals surface area contributed by atoms with Gasteiger partial charge in [-0.2, -0.15) is 0 Å². The van der Waals surface area contributed by atoms with E-state index in [2.05, 4.69) is 268 Å². The smallest absolute Gasteiger partial charge is 0.0737 e. The van der Waals surface area contributed by atoms with Gasteiger partial charge in [0, 0.05) is 28.1 Å². The predicted molar refractivity (Wildman–Crippen MR) is 288 cm³/mol. The minimum absolute atomic E-state index is 0.916. The van der Waals surface area contributed by atoms with E-state index in [0.717, 1.165) is 89.6 Å². The summed E-state index contributed by atoms with van der Waals surface area (Å²) >= 11 is 0. The Balaban J connectivity index is 1.16. The number of aromatic amines is 1. The maximum Gasteiger partial charge on any atom is 0.0737 e. The number of aliphatic imine (C=N–C) groups is 1. The summed E-state index contributed by atoms with van der Waals surface area (Å²) in [5.41, 5.74) is 26.0. The topological polar surface area (TPSA) is 28.1 Å². The lowest BCUT2D eigenvalue weighted by molar-refractivity contribution is 1.25. The molecule has 10 aromatic rings. The lowest BCUT2D eigenvalue weighted by Crippen LogP contribution is -2.03. The summed E-state index contributed by atoms with van der Waals surface area (Å²) in [6.45, 7) is 6.64. The summed E-state index contributed by atoms with van der Waals surface area (Å²) in [5, 5.41) is 0. The van der Waals surface area contributed by atoms with Crippen LogP contribution in [0.15, 0.2) is 253 Å². The zero-order valence-corrected chi connectivity index (χ0v) is 38.5. The number of nitrogens with zero attached hydrogens (tertiary/aromatic N) is 1. The standard InChI is InChI=1S/C66H50N2/c1-44-38-45(2)63(46(3)39-44)66(61-36-34-59(67-61)64-55(49-26-14-6-15-27-49)40-53(47-22-10-4-11-23-47)41-56(64)50-28-16-7-17-29-50)62-37-35-60(68-62)65-57(51-30-18-8-19-31-51)42-54(48-24-12-5-13-25-48)43-58(65)52-32-20-9-21-33-52/h4-43,67H,1-3H3/b66-62-. The average Bonchev–Trinajstić information content (AvgIpc) is 4.09. The van der Waals surface area contributed by atoms with Crippen molar-refractivity contribution in [3.05, 3.63) is 282 Å². The first kappa shape index (κ1) is 42.1. The Morgan fingerprint density at radius 1 is 0.353 bits per heavy atom. The highest BCUT2D eigenvalue weighted by Gasteiger charge is 2.26. The monoisotopic (exact) mass is 870 g/mol. The summed E-state index contributed by atoms with van der Waals surface area (Å²) in [7, 11) is 0. The third kappa shape index (κ3) is 8.18. The fraction of sp³-hybridized carbons (Fsp3) is 0.0455. The Kier molecular flexibility index (Phi) is 11.4. The molecule has 1 N–H and O–H groups in total. The maximum absolute atomic E-state index is 5.71. The van der Waals surface area contributed by atoms with E-state index in [1.165, 1.54) is 38.9 Å². The highest BCUT2D eigenvalue weighted by atomic mass is 14.8. The number of nitrogens with one attached hydrogen (secondary N) is 1. The zero-order chi connectivity index (χ0) is 46.0. The largest absolute Gasteiger partial charge is 0.354 e. The van der Waals surface area contributed by atoms with Gasteiger partial charge in [-0.1, -0.05) is 200 Å². The van der Waals surface area contributed by atoms with Gasteiger partial charge in [-0.05, 0) is 153 Å². The van der Waals surface area contributed by atoms with Crippen LogP contribution >= 0.6 is 0 Å². The van der Waals surface area contributed by atoms with Crippen molar-refractivity contribution in [1.29, 1.82) is 0 Å². The molecule has 0 aliphatic carbocycles. The zero-order valence-electron chi connectivity index (χ0n) is 38.5. The number of benzene rings is 9. The number of allylic oxidation sites excluding steroid dienone is 2. The summed E-state index contributed by atoms with van der Waals surface area (Å²) in [6, 6.07) is 83.0. The molecule has 0 bridgehead atoms. The van der Waals surface area contributed by atoms with E-state index in [1.807, 2.05) is 0 Å². The van der Waals surface area contributed by atoms with Crippen LogP contribution in [0.4, 0.5) is 0 Å². The van der Waals surface area contributed by atoms with Gasteiger partial charge in [-0.25, -0.2) is 4.99 Å². The molecule has 0 fully saturated rings. The molecule has 0 atom stereocenters. The van der Waals surface area contributed by atoms with Crippen molar-refractivity contribution in [1.82, 2.24) is 4.98 Å². The van der Waals surface area contributed by atoms with E-state index in [0.29, 0.717) is 0 Å². The van der Waals surface area contributed by atoms with Crippen molar-refractivity contribution in [3.63, 3.8) is 0 Å². The minimum atomic E-state index is 0.916. The Hall–Kier alpha value is -8.59. The number of hydrogen-bond acceptors (Lipinski definition) is 1. The van der Waals surface area contributed by atoms with Gasteiger partial charge in [-0.15, -0.1) is 0 Å². The van der Waals surface area contributed by atoms with Gasteiger partial charge >= 0.3 is 0 Å². The van der Waals surface area contributed by atoms with E-state index < -0.39 is 0 Å². The molecule has 0 amide bonds. The fourth-order valence-electron chi connectivity index (χ4n) is 10.1. The third-order valence-electron chi connectivity index (χ3n) is 13.1. The second-order valence-corrected chi connectivity index (χ2v) is 17.7. The normalized spacial score (nSPS) is 12.8. The van der Waals surface area contributed by atoms with Crippen molar-refractivity contribution < 1.29 is 0 Å². The van der Waals surface area contributed by atoms with Crippen molar-refractivity contribution in [2.24, 2.45) is 4.99 Å². The SMILES string of the molecule is Cc1cc(C)c(/C(=C2/C=CC(c3c(-c4ccccc4)cc(-c4ccccc4)cc3-c3ccccc3)=N2)c2ccc(-c3c(-c4ccccc4)cc(-c4ccccc4)cc3-c3ccccc3)[nH]2)c(C)c1. The molecule has 11 rings (SSSR count). The van der Waals surface area contributed by atoms with Crippen molar-refractivity contribution in [2.45, 2.75) is 20.8 Å². The summed E-state index contributed by atoms with van der Waals surface area (Å²) in [6.07, 6.45) is 4.44. The molecule has 0 saturated heterocycles. The molecule has 1 aliphatic heterocycles. The van der Waals surface area contributed by atoms with Crippen molar-refractivity contribution in [3.8, 4) is 78.0 Å². The molecule has 68 heavy (non-hydrogen) atoms. The molecule has 1 aliphatic rings. The Labute approximate surface area is 400 Å². The van der Waals surface area contributed by atoms with Gasteiger partial charge in [0.15, 0.2) is 0 Å². The lowest BCUT2D eigenvalue weighted by atomic mass is 9.86. The minimum Gasteiger partial charge on any atom is -0.354 e. The van der Waals surface area contributed by atoms with Crippen molar-refractivity contribution in [2.75, 3.05) is 0 Å². The maximum atomic E-state index is 5.71. The summed E-state index contributed by atoms with van der Waals surface area (Å²) in [5.74, 6) is 0. The van der Waals surface area contributed by atoms with Crippen LogP contribution in [0, 0.1) is 20.8 Å². The molecule has 0 radical (unpaired) electrons. The Morgan fingerprint density at radius 2 is 0.721 bits per heavy atom. The van der Waals surface area contributed by atoms with Gasteiger partial charge in [0.1, 0.15) is 0 Å². The predicted octanol–water partition coefficient (Wildman–Crippen LogP) is 17.4. The Bertz CT molecular complexity index is 3380. The molecule has 9 aromatic carbocycles. The average molecular weight is 871 g/mol. The summed E-state index contributed by atoms with van der Waals surface area (Å²) in [4.78, 5) is 9.76. The van der Waals surface area contributed by atoms with Gasteiger partial charge in [0.25, 0.3) is 0 Å². The van der Waals surface area contributed by atoms with Crippen LogP contribution in [0.5, 0.6) is 0 Å². The van der Waals surface area contributed by atoms with Crippen LogP contribution in [-0.4, -0.2) is 10.7 Å². The second-order valence-electron chi connectivity index (χ2n) is 17.7. The molecule has 1 aromatic heterocycles. The molecule has 0 spiro atoms. The van der Waals surface area contributed by atoms with E-state index in [4.69, 9.17) is 4.99 Å². The molecular weight excluding hydrogens is 821 g/mol. The van der Waals surface area contributed by atoms with Gasteiger partial charge in [0.2, 0.25) is 0 Å². The third-order valence-corrected chi connectivity index (χ3v) is 13.1. The number of H-pyrrole nitrogens is 1. The first-order valence-electron chi connectivity index (χ1n) is 23.4. The number of rotatable bonds is 10. The lowest BCUT2D eigenvalue weighted by Gasteiger charge is -2.19. The molecule has 2 nitrogen and oxygen atoms in total. The molecule has 324 valence electrons. The van der Waals surface area contributed by atoms with E-state index in [-0.39, 0.29) is 0 Å². The molecule has 0 saturated carbocycles. The highest BCUT2D eigenvalue weighted by Crippen LogP contribution is 2.45. The molecule has 2 heteroatoms. The van der Waals surface area contributed by atoms with Crippen LogP contribution in [0.2, 0.25) is 0 Å². The Morgan fingerprint density at radius 3 is 1.12 bits per heavy atom. The first-order chi connectivity index (χ1) is 33.5. The van der Waals surface area contributed by atoms with Crippen molar-refractivity contribution >= 4 is 11.3 Å². The van der Waals surface area contributed by atoms with E-state index >= 15 is 0 Å². The number of aromatic nitrogens is 1. The number of aryl methyl sites for hydroxylation is 3. The van der Waals surface area contributed by atoms with E-state index in [9.17, 15) is 0 Å². The molecular formula is C66H50N2. The van der Waals surface area contributed by atoms with Crippen LogP contribution in [0.25, 0.3) is 83.6 Å². The van der Waals surface area contributed by atoms with Crippen LogP contribution < -0.4 is 0 Å². The van der Waals surface area contributed by atoms with Gasteiger partial charge in [-0.3, -0.25) is 0 Å². The van der Waals surface area contributed by atoms with Gasteiger partial charge < -0.3 is 4.98 Å². The van der Waals surface area contributed by atoms with Crippen LogP contribution in [0.3, 0.4) is 0 Å². The second kappa shape index (κ2) is 18.4. The van der Waals surface area contributed by atoms with Crippen LogP contribution in [0.1, 0.15) is 33.5 Å². The summed E-state index contributed by atoms with van der Waals surface area (Å²) < 4.78 is 0. The first-order valence-corrected chi connectivity index (χ1v) is 23.4. The molecule has 0 unspecified atom stereocenters. The van der Waals surface area contributed by atoms with Crippen LogP contribution in [-0.2, 0) is 0 Å². The van der Waals surface area contributed by atoms with E-state index in [1.54, 1.807) is 0 Å². The quantitative estimate of drug-likeness (QED) is 0.142. The molecule has 2 heterocycles. The highest BCUT2D eigenvalue weighted by molar-refractivity contribution is 6.20.